The van der Waals surface area contributed by atoms with Crippen molar-refractivity contribution in [2.45, 2.75) is 50.1 Å². The van der Waals surface area contributed by atoms with Crippen LogP contribution in [0.15, 0.2) is 18.2 Å². The van der Waals surface area contributed by atoms with Crippen molar-refractivity contribution in [2.75, 3.05) is 36.4 Å². The van der Waals surface area contributed by atoms with Crippen LogP contribution in [0.5, 0.6) is 0 Å². The number of benzene rings is 1. The molecule has 0 aliphatic carbocycles. The van der Waals surface area contributed by atoms with Gasteiger partial charge in [0.15, 0.2) is 0 Å². The van der Waals surface area contributed by atoms with Gasteiger partial charge in [-0.05, 0) is 57.0 Å². The van der Waals surface area contributed by atoms with Crippen LogP contribution in [0, 0.1) is 11.7 Å². The Morgan fingerprint density at radius 1 is 1.12 bits per heavy atom. The second kappa shape index (κ2) is 9.20. The van der Waals surface area contributed by atoms with Crippen molar-refractivity contribution in [3.05, 3.63) is 24.0 Å². The van der Waals surface area contributed by atoms with Crippen LogP contribution in [0.25, 0.3) is 0 Å². The van der Waals surface area contributed by atoms with Crippen molar-refractivity contribution in [3.63, 3.8) is 0 Å². The lowest BCUT2D eigenvalue weighted by Crippen LogP contribution is -2.60. The quantitative estimate of drug-likeness (QED) is 0.569. The Kier molecular flexibility index (Phi) is 6.51. The molecule has 3 aliphatic rings. The van der Waals surface area contributed by atoms with Crippen molar-refractivity contribution in [3.8, 4) is 0 Å². The van der Waals surface area contributed by atoms with Gasteiger partial charge in [-0.3, -0.25) is 24.6 Å². The maximum absolute atomic E-state index is 15.0. The fourth-order valence-corrected chi connectivity index (χ4v) is 4.93. The first-order chi connectivity index (χ1) is 15.6. The van der Waals surface area contributed by atoms with Gasteiger partial charge < -0.3 is 15.3 Å². The summed E-state index contributed by atoms with van der Waals surface area (Å²) in [5, 5.41) is 14.2. The highest BCUT2D eigenvalue weighted by Gasteiger charge is 2.48. The van der Waals surface area contributed by atoms with E-state index in [1.807, 2.05) is 0 Å². The molecule has 1 aromatic rings. The predicted molar refractivity (Wildman–Crippen MR) is 114 cm³/mol. The maximum Gasteiger partial charge on any atom is 0.306 e. The molecule has 0 bridgehead atoms. The van der Waals surface area contributed by atoms with E-state index in [9.17, 15) is 18.8 Å². The Labute approximate surface area is 189 Å². The third-order valence-electron chi connectivity index (χ3n) is 6.75. The van der Waals surface area contributed by atoms with E-state index in [1.54, 1.807) is 4.90 Å². The molecule has 11 heteroatoms. The zero-order valence-electron chi connectivity index (χ0n) is 18.0. The number of carboxylic acids is 1. The first kappa shape index (κ1) is 23.3. The number of piperidine rings is 3. The van der Waals surface area contributed by atoms with Gasteiger partial charge in [-0.25, -0.2) is 13.2 Å². The standard InChI is InChI=1S/C22H27F3N4O4/c23-15-11-14(26-16-2-4-19(30)27-20(16)31)1-3-17(15)29-10-7-18(22(24,25)12-29)28-8-5-13(6-9-28)21(32)33/h1,3,11,13,16,18,26H,2,4-10,12H2,(H,32,33)(H,27,30,31). The summed E-state index contributed by atoms with van der Waals surface area (Å²) in [6, 6.07) is 2.44. The van der Waals surface area contributed by atoms with Gasteiger partial charge >= 0.3 is 5.97 Å². The number of nitrogens with zero attached hydrogens (tertiary/aromatic N) is 2. The van der Waals surface area contributed by atoms with E-state index in [0.29, 0.717) is 31.6 Å². The summed E-state index contributed by atoms with van der Waals surface area (Å²) in [4.78, 5) is 37.2. The van der Waals surface area contributed by atoms with Crippen LogP contribution in [0.1, 0.15) is 32.1 Å². The monoisotopic (exact) mass is 468 g/mol. The number of aliphatic carboxylic acids is 1. The number of halogens is 3. The van der Waals surface area contributed by atoms with Crippen LogP contribution in [-0.2, 0) is 14.4 Å². The van der Waals surface area contributed by atoms with Gasteiger partial charge in [0.25, 0.3) is 5.92 Å². The molecule has 3 N–H and O–H groups in total. The molecule has 2 amide bonds. The van der Waals surface area contributed by atoms with Crippen molar-refractivity contribution < 1.29 is 32.7 Å². The molecule has 0 radical (unpaired) electrons. The lowest BCUT2D eigenvalue weighted by molar-refractivity contribution is -0.145. The number of hydrogen-bond donors (Lipinski definition) is 3. The van der Waals surface area contributed by atoms with Gasteiger partial charge in [-0.1, -0.05) is 0 Å². The number of rotatable bonds is 5. The molecule has 3 aliphatic heterocycles. The fraction of sp³-hybridized carbons (Fsp3) is 0.591. The van der Waals surface area contributed by atoms with E-state index in [2.05, 4.69) is 10.6 Å². The third kappa shape index (κ3) is 5.07. The first-order valence-electron chi connectivity index (χ1n) is 11.1. The van der Waals surface area contributed by atoms with Gasteiger partial charge in [0.05, 0.1) is 24.2 Å². The van der Waals surface area contributed by atoms with E-state index in [1.165, 1.54) is 23.1 Å². The van der Waals surface area contributed by atoms with Gasteiger partial charge in [0.1, 0.15) is 11.9 Å². The largest absolute Gasteiger partial charge is 0.481 e. The summed E-state index contributed by atoms with van der Waals surface area (Å²) >= 11 is 0. The van der Waals surface area contributed by atoms with Crippen LogP contribution in [0.3, 0.4) is 0 Å². The zero-order chi connectivity index (χ0) is 23.8. The average molecular weight is 468 g/mol. The van der Waals surface area contributed by atoms with Gasteiger partial charge in [-0.2, -0.15) is 0 Å². The SMILES string of the molecule is O=C1CCC(Nc2ccc(N3CCC(N4CCC(C(=O)O)CC4)C(F)(F)C3)c(F)c2)C(=O)N1. The highest BCUT2D eigenvalue weighted by molar-refractivity contribution is 6.01. The lowest BCUT2D eigenvalue weighted by Gasteiger charge is -2.46. The van der Waals surface area contributed by atoms with Gasteiger partial charge in [-0.15, -0.1) is 0 Å². The molecule has 0 saturated carbocycles. The van der Waals surface area contributed by atoms with E-state index >= 15 is 8.78 Å². The summed E-state index contributed by atoms with van der Waals surface area (Å²) in [5.74, 6) is -5.97. The van der Waals surface area contributed by atoms with E-state index in [-0.39, 0.29) is 37.4 Å². The highest BCUT2D eigenvalue weighted by Crippen LogP contribution is 2.36. The normalized spacial score (nSPS) is 26.7. The Balaban J connectivity index is 1.39. The summed E-state index contributed by atoms with van der Waals surface area (Å²) in [6.07, 6.45) is 1.31. The van der Waals surface area contributed by atoms with Crippen molar-refractivity contribution >= 4 is 29.2 Å². The number of carboxylic acid groups (broad SMARTS) is 1. The topological polar surface area (TPSA) is 102 Å². The number of carbonyl (C=O) groups is 3. The number of amides is 2. The van der Waals surface area contributed by atoms with Crippen LogP contribution in [-0.4, -0.2) is 72.0 Å². The number of carbonyl (C=O) groups excluding carboxylic acids is 2. The average Bonchev–Trinajstić information content (AvgIpc) is 2.75. The molecular weight excluding hydrogens is 441 g/mol. The molecule has 4 rings (SSSR count). The van der Waals surface area contributed by atoms with Crippen LogP contribution in [0.2, 0.25) is 0 Å². The lowest BCUT2D eigenvalue weighted by atomic mass is 9.92. The molecule has 3 heterocycles. The summed E-state index contributed by atoms with van der Waals surface area (Å²) in [7, 11) is 0. The minimum absolute atomic E-state index is 0.0616. The number of nitrogens with one attached hydrogen (secondary N) is 2. The van der Waals surface area contributed by atoms with E-state index < -0.39 is 48.2 Å². The molecule has 1 aromatic carbocycles. The summed E-state index contributed by atoms with van der Waals surface area (Å²) < 4.78 is 44.9. The molecule has 3 saturated heterocycles. The maximum atomic E-state index is 15.0. The van der Waals surface area contributed by atoms with Crippen LogP contribution < -0.4 is 15.5 Å². The Hall–Kier alpha value is -2.82. The fourth-order valence-electron chi connectivity index (χ4n) is 4.93. The van der Waals surface area contributed by atoms with Gasteiger partial charge in [0, 0.05) is 18.7 Å². The smallest absolute Gasteiger partial charge is 0.306 e. The molecule has 0 spiro atoms. The molecular formula is C22H27F3N4O4. The second-order valence-corrected chi connectivity index (χ2v) is 8.95. The predicted octanol–water partition coefficient (Wildman–Crippen LogP) is 2.05. The van der Waals surface area contributed by atoms with Crippen LogP contribution >= 0.6 is 0 Å². The van der Waals surface area contributed by atoms with E-state index in [4.69, 9.17) is 5.11 Å². The minimum atomic E-state index is -3.08. The molecule has 3 fully saturated rings. The molecule has 8 nitrogen and oxygen atoms in total. The van der Waals surface area contributed by atoms with Crippen molar-refractivity contribution in [1.82, 2.24) is 10.2 Å². The van der Waals surface area contributed by atoms with Crippen molar-refractivity contribution in [2.24, 2.45) is 5.92 Å². The number of anilines is 2. The number of hydrogen-bond acceptors (Lipinski definition) is 6. The first-order valence-corrected chi connectivity index (χ1v) is 11.1. The summed E-state index contributed by atoms with van der Waals surface area (Å²) in [5.41, 5.74) is 0.389. The molecule has 2 atom stereocenters. The molecule has 0 aromatic heterocycles. The second-order valence-electron chi connectivity index (χ2n) is 8.95. The van der Waals surface area contributed by atoms with E-state index in [0.717, 1.165) is 0 Å². The minimum Gasteiger partial charge on any atom is -0.481 e. The Bertz CT molecular complexity index is 936. The Morgan fingerprint density at radius 3 is 2.45 bits per heavy atom. The molecule has 180 valence electrons. The number of alkyl halides is 2. The number of likely N-dealkylation sites (tertiary alicyclic amines) is 1. The van der Waals surface area contributed by atoms with Crippen LogP contribution in [0.4, 0.5) is 24.5 Å². The Morgan fingerprint density at radius 2 is 1.85 bits per heavy atom. The zero-order valence-corrected chi connectivity index (χ0v) is 18.0. The molecule has 2 unspecified atom stereocenters. The highest BCUT2D eigenvalue weighted by atomic mass is 19.3. The van der Waals surface area contributed by atoms with Gasteiger partial charge in [0.2, 0.25) is 11.8 Å². The molecule has 33 heavy (non-hydrogen) atoms. The third-order valence-corrected chi connectivity index (χ3v) is 6.75. The van der Waals surface area contributed by atoms with Crippen molar-refractivity contribution in [1.29, 1.82) is 0 Å². The summed E-state index contributed by atoms with van der Waals surface area (Å²) in [6.45, 7) is 0.238. The number of imide groups is 1.